The second-order valence-electron chi connectivity index (χ2n) is 4.71. The quantitative estimate of drug-likeness (QED) is 0.666. The van der Waals surface area contributed by atoms with E-state index in [1.54, 1.807) is 19.1 Å². The van der Waals surface area contributed by atoms with E-state index in [0.717, 1.165) is 17.3 Å². The lowest BCUT2D eigenvalue weighted by Crippen LogP contribution is -2.36. The van der Waals surface area contributed by atoms with E-state index in [1.807, 2.05) is 12.1 Å². The van der Waals surface area contributed by atoms with Crippen LogP contribution in [0.1, 0.15) is 32.6 Å². The van der Waals surface area contributed by atoms with Crippen LogP contribution in [0.5, 0.6) is 5.75 Å². The van der Waals surface area contributed by atoms with Crippen molar-refractivity contribution >= 4 is 27.8 Å². The van der Waals surface area contributed by atoms with Crippen molar-refractivity contribution in [2.75, 3.05) is 6.54 Å². The Kier molecular flexibility index (Phi) is 7.82. The molecule has 1 amide bonds. The van der Waals surface area contributed by atoms with Gasteiger partial charge in [-0.1, -0.05) is 28.4 Å². The molecule has 0 aliphatic rings. The summed E-state index contributed by atoms with van der Waals surface area (Å²) in [5, 5.41) is 11.3. The Balaban J connectivity index is 2.21. The monoisotopic (exact) mass is 357 g/mol. The highest BCUT2D eigenvalue weighted by Crippen LogP contribution is 2.18. The summed E-state index contributed by atoms with van der Waals surface area (Å²) in [4.78, 5) is 22.2. The van der Waals surface area contributed by atoms with Crippen LogP contribution in [-0.4, -0.2) is 29.6 Å². The number of hydrogen-bond acceptors (Lipinski definition) is 3. The summed E-state index contributed by atoms with van der Waals surface area (Å²) in [6, 6.07) is 7.32. The highest BCUT2D eigenvalue weighted by molar-refractivity contribution is 9.10. The Morgan fingerprint density at radius 3 is 2.76 bits per heavy atom. The topological polar surface area (TPSA) is 75.6 Å². The van der Waals surface area contributed by atoms with Crippen LogP contribution in [0.3, 0.4) is 0 Å². The highest BCUT2D eigenvalue weighted by atomic mass is 79.9. The molecule has 2 N–H and O–H groups in total. The standard InChI is InChI=1S/C15H20BrNO4/c1-11(21-13-7-5-6-12(16)10-13)15(20)17-9-4-2-3-8-14(18)19/h5-7,10-11H,2-4,8-9H2,1H3,(H,17,20)(H,18,19). The smallest absolute Gasteiger partial charge is 0.303 e. The van der Waals surface area contributed by atoms with E-state index in [4.69, 9.17) is 9.84 Å². The number of halogens is 1. The number of amides is 1. The lowest BCUT2D eigenvalue weighted by molar-refractivity contribution is -0.137. The highest BCUT2D eigenvalue weighted by Gasteiger charge is 2.13. The van der Waals surface area contributed by atoms with E-state index >= 15 is 0 Å². The van der Waals surface area contributed by atoms with Gasteiger partial charge in [-0.15, -0.1) is 0 Å². The first kappa shape index (κ1) is 17.5. The Hall–Kier alpha value is -1.56. The van der Waals surface area contributed by atoms with Crippen LogP contribution in [0, 0.1) is 0 Å². The third-order valence-electron chi connectivity index (χ3n) is 2.84. The van der Waals surface area contributed by atoms with Crippen LogP contribution in [0.4, 0.5) is 0 Å². The molecule has 1 unspecified atom stereocenters. The fourth-order valence-electron chi connectivity index (χ4n) is 1.73. The molecule has 0 bridgehead atoms. The lowest BCUT2D eigenvalue weighted by atomic mass is 10.2. The van der Waals surface area contributed by atoms with E-state index in [-0.39, 0.29) is 12.3 Å². The molecule has 0 spiro atoms. The minimum Gasteiger partial charge on any atom is -0.481 e. The summed E-state index contributed by atoms with van der Waals surface area (Å²) in [5.74, 6) is -0.322. The van der Waals surface area contributed by atoms with E-state index in [0.29, 0.717) is 18.7 Å². The second-order valence-corrected chi connectivity index (χ2v) is 5.63. The molecule has 21 heavy (non-hydrogen) atoms. The Morgan fingerprint density at radius 1 is 1.33 bits per heavy atom. The molecular weight excluding hydrogens is 338 g/mol. The lowest BCUT2D eigenvalue weighted by Gasteiger charge is -2.14. The van der Waals surface area contributed by atoms with Gasteiger partial charge in [-0.05, 0) is 38.0 Å². The van der Waals surface area contributed by atoms with E-state index in [9.17, 15) is 9.59 Å². The number of hydrogen-bond donors (Lipinski definition) is 2. The Morgan fingerprint density at radius 2 is 2.10 bits per heavy atom. The summed E-state index contributed by atoms with van der Waals surface area (Å²) < 4.78 is 6.44. The van der Waals surface area contributed by atoms with Crippen molar-refractivity contribution in [2.24, 2.45) is 0 Å². The number of carbonyl (C=O) groups excluding carboxylic acids is 1. The maximum absolute atomic E-state index is 11.8. The third kappa shape index (κ3) is 7.70. The van der Waals surface area contributed by atoms with E-state index < -0.39 is 12.1 Å². The number of carbonyl (C=O) groups is 2. The van der Waals surface area contributed by atoms with Crippen molar-refractivity contribution in [1.29, 1.82) is 0 Å². The average molecular weight is 358 g/mol. The zero-order valence-corrected chi connectivity index (χ0v) is 13.6. The summed E-state index contributed by atoms with van der Waals surface area (Å²) in [7, 11) is 0. The van der Waals surface area contributed by atoms with Gasteiger partial charge in [0, 0.05) is 17.4 Å². The minimum absolute atomic E-state index is 0.173. The first-order valence-electron chi connectivity index (χ1n) is 6.91. The number of ether oxygens (including phenoxy) is 1. The Bertz CT molecular complexity index is 478. The molecular formula is C15H20BrNO4. The van der Waals surface area contributed by atoms with Gasteiger partial charge in [0.15, 0.2) is 6.10 Å². The summed E-state index contributed by atoms with van der Waals surface area (Å²) >= 11 is 3.34. The fourth-order valence-corrected chi connectivity index (χ4v) is 2.11. The number of benzene rings is 1. The molecule has 1 aromatic carbocycles. The first-order chi connectivity index (χ1) is 9.99. The van der Waals surface area contributed by atoms with Crippen molar-refractivity contribution in [1.82, 2.24) is 5.32 Å². The van der Waals surface area contributed by atoms with Gasteiger partial charge in [-0.25, -0.2) is 0 Å². The van der Waals surface area contributed by atoms with Crippen molar-refractivity contribution in [3.05, 3.63) is 28.7 Å². The molecule has 0 radical (unpaired) electrons. The van der Waals surface area contributed by atoms with E-state index in [1.165, 1.54) is 0 Å². The minimum atomic E-state index is -0.782. The van der Waals surface area contributed by atoms with Crippen molar-refractivity contribution in [2.45, 2.75) is 38.7 Å². The van der Waals surface area contributed by atoms with Crippen LogP contribution < -0.4 is 10.1 Å². The third-order valence-corrected chi connectivity index (χ3v) is 3.34. The van der Waals surface area contributed by atoms with Gasteiger partial charge in [0.05, 0.1) is 0 Å². The molecule has 1 aromatic rings. The van der Waals surface area contributed by atoms with Gasteiger partial charge in [-0.3, -0.25) is 9.59 Å². The predicted molar refractivity (Wildman–Crippen MR) is 83.3 cm³/mol. The molecule has 116 valence electrons. The molecule has 1 rings (SSSR count). The van der Waals surface area contributed by atoms with Crippen LogP contribution >= 0.6 is 15.9 Å². The number of unbranched alkanes of at least 4 members (excludes halogenated alkanes) is 2. The molecule has 0 heterocycles. The number of carboxylic acid groups (broad SMARTS) is 1. The number of nitrogens with one attached hydrogen (secondary N) is 1. The zero-order valence-electron chi connectivity index (χ0n) is 12.0. The SMILES string of the molecule is CC(Oc1cccc(Br)c1)C(=O)NCCCCCC(=O)O. The van der Waals surface area contributed by atoms with Gasteiger partial charge in [0.25, 0.3) is 5.91 Å². The van der Waals surface area contributed by atoms with Crippen LogP contribution in [-0.2, 0) is 9.59 Å². The number of carboxylic acids is 1. The van der Waals surface area contributed by atoms with Crippen molar-refractivity contribution < 1.29 is 19.4 Å². The molecule has 5 nitrogen and oxygen atoms in total. The summed E-state index contributed by atoms with van der Waals surface area (Å²) in [6.07, 6.45) is 1.79. The molecule has 0 fully saturated rings. The van der Waals surface area contributed by atoms with Crippen LogP contribution in [0.15, 0.2) is 28.7 Å². The molecule has 0 saturated carbocycles. The van der Waals surface area contributed by atoms with Gasteiger partial charge >= 0.3 is 5.97 Å². The normalized spacial score (nSPS) is 11.7. The summed E-state index contributed by atoms with van der Waals surface area (Å²) in [6.45, 7) is 2.23. The van der Waals surface area contributed by atoms with Crippen molar-refractivity contribution in [3.8, 4) is 5.75 Å². The molecule has 0 aromatic heterocycles. The van der Waals surface area contributed by atoms with Gasteiger partial charge in [-0.2, -0.15) is 0 Å². The van der Waals surface area contributed by atoms with Crippen LogP contribution in [0.25, 0.3) is 0 Å². The molecule has 1 atom stereocenters. The Labute approximate surface area is 132 Å². The number of aliphatic carboxylic acids is 1. The molecule has 6 heteroatoms. The van der Waals surface area contributed by atoms with Gasteiger partial charge in [0.2, 0.25) is 0 Å². The van der Waals surface area contributed by atoms with Crippen LogP contribution in [0.2, 0.25) is 0 Å². The molecule has 0 aliphatic carbocycles. The maximum Gasteiger partial charge on any atom is 0.303 e. The maximum atomic E-state index is 11.8. The van der Waals surface area contributed by atoms with Gasteiger partial charge < -0.3 is 15.2 Å². The zero-order chi connectivity index (χ0) is 15.7. The van der Waals surface area contributed by atoms with Crippen molar-refractivity contribution in [3.63, 3.8) is 0 Å². The summed E-state index contributed by atoms with van der Waals surface area (Å²) in [5.41, 5.74) is 0. The van der Waals surface area contributed by atoms with Gasteiger partial charge in [0.1, 0.15) is 5.75 Å². The fraction of sp³-hybridized carbons (Fsp3) is 0.467. The molecule has 0 saturated heterocycles. The first-order valence-corrected chi connectivity index (χ1v) is 7.70. The predicted octanol–water partition coefficient (Wildman–Crippen LogP) is 2.98. The average Bonchev–Trinajstić information content (AvgIpc) is 2.42. The van der Waals surface area contributed by atoms with E-state index in [2.05, 4.69) is 21.2 Å². The second kappa shape index (κ2) is 9.39. The number of rotatable bonds is 9. The largest absolute Gasteiger partial charge is 0.481 e. The molecule has 0 aliphatic heterocycles.